The molecule has 1 saturated heterocycles. The molecule has 0 aromatic carbocycles. The molecule has 1 aliphatic heterocycles. The molecule has 2 heterocycles. The lowest BCUT2D eigenvalue weighted by Gasteiger charge is -2.41. The molecule has 1 aromatic heterocycles. The van der Waals surface area contributed by atoms with E-state index < -0.39 is 0 Å². The summed E-state index contributed by atoms with van der Waals surface area (Å²) >= 11 is 0. The van der Waals surface area contributed by atoms with Crippen molar-refractivity contribution in [2.45, 2.75) is 44.7 Å². The number of nitrogens with zero attached hydrogens (tertiary/aromatic N) is 3. The van der Waals surface area contributed by atoms with Crippen molar-refractivity contribution in [1.82, 2.24) is 25.6 Å². The lowest BCUT2D eigenvalue weighted by Crippen LogP contribution is -2.55. The topological polar surface area (TPSA) is 71.8 Å². The van der Waals surface area contributed by atoms with E-state index in [1.165, 1.54) is 32.1 Å². The molecule has 1 saturated carbocycles. The molecule has 1 amide bonds. The van der Waals surface area contributed by atoms with Crippen LogP contribution in [0, 0.1) is 11.8 Å². The van der Waals surface area contributed by atoms with Crippen LogP contribution in [-0.2, 0) is 18.4 Å². The van der Waals surface area contributed by atoms with E-state index in [-0.39, 0.29) is 11.9 Å². The van der Waals surface area contributed by atoms with E-state index in [4.69, 9.17) is 0 Å². The minimum Gasteiger partial charge on any atom is -0.349 e. The van der Waals surface area contributed by atoms with Crippen LogP contribution >= 0.6 is 0 Å². The summed E-state index contributed by atoms with van der Waals surface area (Å²) in [6, 6.07) is -0.0225. The second-order valence-corrected chi connectivity index (χ2v) is 6.03. The van der Waals surface area contributed by atoms with Gasteiger partial charge in [-0.3, -0.25) is 9.48 Å². The molecular formula is C14H23N5O. The minimum absolute atomic E-state index is 0.0225. The first-order valence-corrected chi connectivity index (χ1v) is 7.60. The number of nitrogens with one attached hydrogen (secondary N) is 2. The van der Waals surface area contributed by atoms with Gasteiger partial charge in [-0.2, -0.15) is 0 Å². The lowest BCUT2D eigenvalue weighted by atomic mass is 9.71. The quantitative estimate of drug-likeness (QED) is 0.848. The van der Waals surface area contributed by atoms with Crippen LogP contribution in [0.25, 0.3) is 0 Å². The van der Waals surface area contributed by atoms with Gasteiger partial charge < -0.3 is 10.6 Å². The maximum Gasteiger partial charge on any atom is 0.237 e. The Hall–Kier alpha value is -1.43. The van der Waals surface area contributed by atoms with Crippen molar-refractivity contribution in [1.29, 1.82) is 0 Å². The Bertz CT molecular complexity index is 470. The number of aromatic nitrogens is 3. The van der Waals surface area contributed by atoms with Crippen LogP contribution < -0.4 is 10.6 Å². The van der Waals surface area contributed by atoms with E-state index in [0.717, 1.165) is 18.2 Å². The van der Waals surface area contributed by atoms with Crippen molar-refractivity contribution >= 4 is 5.91 Å². The highest BCUT2D eigenvalue weighted by molar-refractivity contribution is 5.82. The number of piperidine rings is 1. The zero-order valence-electron chi connectivity index (χ0n) is 12.0. The molecule has 6 heteroatoms. The molecule has 3 rings (SSSR count). The molecule has 2 N–H and O–H groups in total. The second kappa shape index (κ2) is 5.91. The number of amides is 1. The van der Waals surface area contributed by atoms with Crippen molar-refractivity contribution in [2.24, 2.45) is 18.9 Å². The molecule has 0 spiro atoms. The van der Waals surface area contributed by atoms with Gasteiger partial charge in [-0.1, -0.05) is 24.5 Å². The number of fused-ring (bicyclic) bond motifs is 1. The Morgan fingerprint density at radius 2 is 2.30 bits per heavy atom. The van der Waals surface area contributed by atoms with Gasteiger partial charge in [-0.25, -0.2) is 0 Å². The fourth-order valence-electron chi connectivity index (χ4n) is 3.66. The fraction of sp³-hybridized carbons (Fsp3) is 0.786. The number of carbonyl (C=O) groups is 1. The van der Waals surface area contributed by atoms with E-state index in [1.54, 1.807) is 4.68 Å². The highest BCUT2D eigenvalue weighted by Crippen LogP contribution is 2.36. The number of hydrogen-bond donors (Lipinski definition) is 2. The Labute approximate surface area is 119 Å². The molecular weight excluding hydrogens is 254 g/mol. The Balaban J connectivity index is 1.58. The lowest BCUT2D eigenvalue weighted by molar-refractivity contribution is -0.126. The molecule has 6 nitrogen and oxygen atoms in total. The van der Waals surface area contributed by atoms with E-state index in [9.17, 15) is 4.79 Å². The van der Waals surface area contributed by atoms with Crippen molar-refractivity contribution in [3.63, 3.8) is 0 Å². The van der Waals surface area contributed by atoms with Crippen molar-refractivity contribution in [3.8, 4) is 0 Å². The molecule has 1 aliphatic carbocycles. The molecule has 20 heavy (non-hydrogen) atoms. The molecule has 0 radical (unpaired) electrons. The molecule has 1 aromatic rings. The van der Waals surface area contributed by atoms with Crippen LogP contribution in [0.1, 0.15) is 37.8 Å². The van der Waals surface area contributed by atoms with Gasteiger partial charge in [0.15, 0.2) is 0 Å². The highest BCUT2D eigenvalue weighted by atomic mass is 16.2. The standard InChI is InChI=1S/C14H23N5O/c1-19-9-11(17-18-19)8-16-14(20)13-12-5-3-2-4-10(12)6-7-15-13/h9-10,12-13,15H,2-8H2,1H3,(H,16,20). The maximum atomic E-state index is 12.4. The molecule has 3 atom stereocenters. The molecule has 2 aliphatic rings. The summed E-state index contributed by atoms with van der Waals surface area (Å²) in [4.78, 5) is 12.4. The monoisotopic (exact) mass is 277 g/mol. The first-order valence-electron chi connectivity index (χ1n) is 7.60. The van der Waals surface area contributed by atoms with E-state index in [0.29, 0.717) is 12.5 Å². The Kier molecular flexibility index (Phi) is 4.00. The average molecular weight is 277 g/mol. The molecule has 3 unspecified atom stereocenters. The van der Waals surface area contributed by atoms with Crippen LogP contribution in [0.4, 0.5) is 0 Å². The summed E-state index contributed by atoms with van der Waals surface area (Å²) in [6.07, 6.45) is 8.11. The third kappa shape index (κ3) is 2.85. The first-order chi connectivity index (χ1) is 9.74. The van der Waals surface area contributed by atoms with Crippen molar-refractivity contribution in [2.75, 3.05) is 6.54 Å². The SMILES string of the molecule is Cn1cc(CNC(=O)C2NCCC3CCCCC32)nn1. The third-order valence-electron chi connectivity index (χ3n) is 4.65. The number of aryl methyl sites for hydroxylation is 1. The predicted octanol–water partition coefficient (Wildman–Crippen LogP) is 0.600. The van der Waals surface area contributed by atoms with Gasteiger partial charge in [-0.15, -0.1) is 5.10 Å². The van der Waals surface area contributed by atoms with Crippen LogP contribution in [0.2, 0.25) is 0 Å². The number of hydrogen-bond acceptors (Lipinski definition) is 4. The second-order valence-electron chi connectivity index (χ2n) is 6.03. The van der Waals surface area contributed by atoms with Gasteiger partial charge in [-0.05, 0) is 31.2 Å². The molecule has 110 valence electrons. The summed E-state index contributed by atoms with van der Waals surface area (Å²) in [5.41, 5.74) is 0.803. The van der Waals surface area contributed by atoms with Crippen molar-refractivity contribution < 1.29 is 4.79 Å². The van der Waals surface area contributed by atoms with Gasteiger partial charge >= 0.3 is 0 Å². The zero-order chi connectivity index (χ0) is 13.9. The van der Waals surface area contributed by atoms with E-state index in [2.05, 4.69) is 20.9 Å². The van der Waals surface area contributed by atoms with E-state index >= 15 is 0 Å². The average Bonchev–Trinajstić information content (AvgIpc) is 2.90. The van der Waals surface area contributed by atoms with Crippen molar-refractivity contribution in [3.05, 3.63) is 11.9 Å². The van der Waals surface area contributed by atoms with Crippen LogP contribution in [0.15, 0.2) is 6.20 Å². The summed E-state index contributed by atoms with van der Waals surface area (Å²) in [5.74, 6) is 1.36. The Morgan fingerprint density at radius 1 is 1.45 bits per heavy atom. The summed E-state index contributed by atoms with van der Waals surface area (Å²) in [6.45, 7) is 1.42. The fourth-order valence-corrected chi connectivity index (χ4v) is 3.66. The van der Waals surface area contributed by atoms with Crippen LogP contribution in [0.5, 0.6) is 0 Å². The number of carbonyl (C=O) groups excluding carboxylic acids is 1. The summed E-state index contributed by atoms with van der Waals surface area (Å²) in [7, 11) is 1.83. The predicted molar refractivity (Wildman–Crippen MR) is 74.7 cm³/mol. The van der Waals surface area contributed by atoms with E-state index in [1.807, 2.05) is 13.2 Å². The first kappa shape index (κ1) is 13.5. The van der Waals surface area contributed by atoms with Gasteiger partial charge in [0.05, 0.1) is 12.6 Å². The van der Waals surface area contributed by atoms with Crippen LogP contribution in [-0.4, -0.2) is 33.5 Å². The molecule has 0 bridgehead atoms. The maximum absolute atomic E-state index is 12.4. The van der Waals surface area contributed by atoms with Crippen LogP contribution in [0.3, 0.4) is 0 Å². The largest absolute Gasteiger partial charge is 0.349 e. The van der Waals surface area contributed by atoms with Gasteiger partial charge in [0.2, 0.25) is 5.91 Å². The molecule has 2 fully saturated rings. The smallest absolute Gasteiger partial charge is 0.237 e. The minimum atomic E-state index is -0.0225. The van der Waals surface area contributed by atoms with Gasteiger partial charge in [0, 0.05) is 13.2 Å². The highest BCUT2D eigenvalue weighted by Gasteiger charge is 2.38. The normalized spacial score (nSPS) is 29.8. The Morgan fingerprint density at radius 3 is 3.10 bits per heavy atom. The van der Waals surface area contributed by atoms with Gasteiger partial charge in [0.25, 0.3) is 0 Å². The summed E-state index contributed by atoms with van der Waals surface area (Å²) < 4.78 is 1.65. The number of rotatable bonds is 3. The zero-order valence-corrected chi connectivity index (χ0v) is 12.0. The van der Waals surface area contributed by atoms with Gasteiger partial charge in [0.1, 0.15) is 5.69 Å². The third-order valence-corrected chi connectivity index (χ3v) is 4.65. The summed E-state index contributed by atoms with van der Waals surface area (Å²) in [5, 5.41) is 14.3.